The topological polar surface area (TPSA) is 64.3 Å². The van der Waals surface area contributed by atoms with Crippen LogP contribution in [0.15, 0.2) is 18.3 Å². The molecule has 1 atom stereocenters. The molecule has 3 rings (SSSR count). The number of fused-ring (bicyclic) bond motifs is 1. The van der Waals surface area contributed by atoms with Gasteiger partial charge in [0.1, 0.15) is 11.3 Å². The molecule has 1 aromatic carbocycles. The predicted octanol–water partition coefficient (Wildman–Crippen LogP) is 2.57. The second-order valence-corrected chi connectivity index (χ2v) is 4.57. The molecular formula is C13H13FN2O3. The van der Waals surface area contributed by atoms with Gasteiger partial charge < -0.3 is 9.84 Å². The van der Waals surface area contributed by atoms with Crippen LogP contribution in [0.3, 0.4) is 0 Å². The Morgan fingerprint density at radius 3 is 3.00 bits per heavy atom. The molecule has 1 N–H and O–H groups in total. The first-order chi connectivity index (χ1) is 9.18. The number of hydrogen-bond donors (Lipinski definition) is 1. The molecule has 2 aromatic rings. The van der Waals surface area contributed by atoms with Crippen LogP contribution in [0.1, 0.15) is 35.8 Å². The molecule has 5 nitrogen and oxygen atoms in total. The van der Waals surface area contributed by atoms with Gasteiger partial charge in [0.2, 0.25) is 0 Å². The van der Waals surface area contributed by atoms with Crippen molar-refractivity contribution in [3.63, 3.8) is 0 Å². The summed E-state index contributed by atoms with van der Waals surface area (Å²) in [6.45, 7) is 0.617. The summed E-state index contributed by atoms with van der Waals surface area (Å²) in [4.78, 5) is 11.1. The number of aromatic nitrogens is 2. The summed E-state index contributed by atoms with van der Waals surface area (Å²) in [6.07, 6.45) is 3.81. The Morgan fingerprint density at radius 1 is 1.47 bits per heavy atom. The average Bonchev–Trinajstić information content (AvgIpc) is 2.85. The Hall–Kier alpha value is -1.95. The second-order valence-electron chi connectivity index (χ2n) is 4.57. The number of hydrogen-bond acceptors (Lipinski definition) is 3. The largest absolute Gasteiger partial charge is 0.478 e. The molecule has 1 aliphatic heterocycles. The molecule has 1 aromatic heterocycles. The molecule has 6 heteroatoms. The quantitative estimate of drug-likeness (QED) is 0.905. The lowest BCUT2D eigenvalue weighted by Crippen LogP contribution is -2.19. The third kappa shape index (κ3) is 1.98. The summed E-state index contributed by atoms with van der Waals surface area (Å²) < 4.78 is 21.0. The molecule has 1 aliphatic rings. The van der Waals surface area contributed by atoms with Gasteiger partial charge in [-0.2, -0.15) is 5.10 Å². The molecule has 2 heterocycles. The van der Waals surface area contributed by atoms with E-state index >= 15 is 0 Å². The Morgan fingerprint density at radius 2 is 2.32 bits per heavy atom. The number of benzene rings is 1. The molecule has 0 amide bonds. The van der Waals surface area contributed by atoms with Crippen LogP contribution in [-0.4, -0.2) is 27.5 Å². The highest BCUT2D eigenvalue weighted by molar-refractivity contribution is 6.02. The van der Waals surface area contributed by atoms with Gasteiger partial charge in [-0.3, -0.25) is 0 Å². The van der Waals surface area contributed by atoms with Crippen molar-refractivity contribution in [1.82, 2.24) is 9.78 Å². The first-order valence-corrected chi connectivity index (χ1v) is 6.19. The lowest BCUT2D eigenvalue weighted by molar-refractivity contribution is -0.0369. The Balaban J connectivity index is 2.16. The highest BCUT2D eigenvalue weighted by atomic mass is 19.1. The molecular weight excluding hydrogens is 251 g/mol. The van der Waals surface area contributed by atoms with E-state index in [4.69, 9.17) is 9.84 Å². The van der Waals surface area contributed by atoms with E-state index in [1.54, 1.807) is 0 Å². The third-order valence-electron chi connectivity index (χ3n) is 3.37. The molecule has 19 heavy (non-hydrogen) atoms. The van der Waals surface area contributed by atoms with Gasteiger partial charge in [0.05, 0.1) is 11.8 Å². The molecule has 1 saturated heterocycles. The van der Waals surface area contributed by atoms with Gasteiger partial charge in [-0.05, 0) is 31.4 Å². The zero-order valence-electron chi connectivity index (χ0n) is 10.2. The van der Waals surface area contributed by atoms with Crippen molar-refractivity contribution in [2.75, 3.05) is 6.61 Å². The van der Waals surface area contributed by atoms with E-state index in [-0.39, 0.29) is 17.3 Å². The number of carboxylic acid groups (broad SMARTS) is 1. The van der Waals surface area contributed by atoms with E-state index < -0.39 is 11.8 Å². The molecule has 1 fully saturated rings. The van der Waals surface area contributed by atoms with Crippen LogP contribution in [0.5, 0.6) is 0 Å². The fourth-order valence-corrected chi connectivity index (χ4v) is 2.44. The fourth-order valence-electron chi connectivity index (χ4n) is 2.44. The normalized spacial score (nSPS) is 19.7. The van der Waals surface area contributed by atoms with Crippen molar-refractivity contribution in [2.24, 2.45) is 0 Å². The van der Waals surface area contributed by atoms with E-state index in [1.807, 2.05) is 0 Å². The van der Waals surface area contributed by atoms with Crippen molar-refractivity contribution >= 4 is 16.9 Å². The molecule has 0 radical (unpaired) electrons. The monoisotopic (exact) mass is 264 g/mol. The number of halogens is 1. The Bertz CT molecular complexity index is 632. The summed E-state index contributed by atoms with van der Waals surface area (Å²) in [7, 11) is 0. The third-order valence-corrected chi connectivity index (χ3v) is 3.37. The van der Waals surface area contributed by atoms with Gasteiger partial charge in [-0.25, -0.2) is 13.9 Å². The standard InChI is InChI=1S/C13H13FN2O3/c14-10-5-4-8(13(17)18)9-7-15-16(12(9)10)11-3-1-2-6-19-11/h4-5,7,11H,1-3,6H2,(H,17,18). The maximum Gasteiger partial charge on any atom is 0.336 e. The molecule has 100 valence electrons. The van der Waals surface area contributed by atoms with E-state index in [9.17, 15) is 9.18 Å². The van der Waals surface area contributed by atoms with Crippen molar-refractivity contribution in [3.8, 4) is 0 Å². The maximum absolute atomic E-state index is 14.0. The molecule has 1 unspecified atom stereocenters. The van der Waals surface area contributed by atoms with E-state index in [1.165, 1.54) is 16.9 Å². The first-order valence-electron chi connectivity index (χ1n) is 6.19. The lowest BCUT2D eigenvalue weighted by Gasteiger charge is -2.23. The molecule has 0 bridgehead atoms. The lowest BCUT2D eigenvalue weighted by atomic mass is 10.1. The van der Waals surface area contributed by atoms with Gasteiger partial charge in [0.15, 0.2) is 6.23 Å². The zero-order chi connectivity index (χ0) is 13.4. The maximum atomic E-state index is 14.0. The van der Waals surface area contributed by atoms with Crippen molar-refractivity contribution in [3.05, 3.63) is 29.7 Å². The van der Waals surface area contributed by atoms with Crippen LogP contribution in [0, 0.1) is 5.82 Å². The van der Waals surface area contributed by atoms with Gasteiger partial charge in [0, 0.05) is 12.0 Å². The number of nitrogens with zero attached hydrogens (tertiary/aromatic N) is 2. The first kappa shape index (κ1) is 12.1. The van der Waals surface area contributed by atoms with Crippen molar-refractivity contribution in [2.45, 2.75) is 25.5 Å². The Kier molecular flexibility index (Phi) is 2.94. The Labute approximate surface area is 108 Å². The number of ether oxygens (including phenoxy) is 1. The number of carbonyl (C=O) groups is 1. The van der Waals surface area contributed by atoms with Crippen molar-refractivity contribution in [1.29, 1.82) is 0 Å². The van der Waals surface area contributed by atoms with Gasteiger partial charge in [0.25, 0.3) is 0 Å². The minimum Gasteiger partial charge on any atom is -0.478 e. The highest BCUT2D eigenvalue weighted by Crippen LogP contribution is 2.29. The van der Waals surface area contributed by atoms with E-state index in [0.29, 0.717) is 12.0 Å². The van der Waals surface area contributed by atoms with Gasteiger partial charge >= 0.3 is 5.97 Å². The molecule has 0 aliphatic carbocycles. The number of carboxylic acids is 1. The summed E-state index contributed by atoms with van der Waals surface area (Å²) in [5.74, 6) is -1.57. The smallest absolute Gasteiger partial charge is 0.336 e. The summed E-state index contributed by atoms with van der Waals surface area (Å²) >= 11 is 0. The van der Waals surface area contributed by atoms with Crippen LogP contribution < -0.4 is 0 Å². The molecule has 0 spiro atoms. The summed E-state index contributed by atoms with van der Waals surface area (Å²) in [5.41, 5.74) is 0.255. The highest BCUT2D eigenvalue weighted by Gasteiger charge is 2.22. The minimum atomic E-state index is -1.09. The van der Waals surface area contributed by atoms with Crippen molar-refractivity contribution < 1.29 is 19.0 Å². The average molecular weight is 264 g/mol. The van der Waals surface area contributed by atoms with Crippen LogP contribution in [0.25, 0.3) is 10.9 Å². The number of aromatic carboxylic acids is 1. The fraction of sp³-hybridized carbons (Fsp3) is 0.385. The minimum absolute atomic E-state index is 0.0541. The van der Waals surface area contributed by atoms with E-state index in [2.05, 4.69) is 5.10 Å². The predicted molar refractivity (Wildman–Crippen MR) is 65.5 cm³/mol. The van der Waals surface area contributed by atoms with Gasteiger partial charge in [-0.1, -0.05) is 0 Å². The van der Waals surface area contributed by atoms with Crippen LogP contribution in [-0.2, 0) is 4.74 Å². The summed E-state index contributed by atoms with van der Waals surface area (Å²) in [5, 5.41) is 13.5. The summed E-state index contributed by atoms with van der Waals surface area (Å²) in [6, 6.07) is 2.42. The van der Waals surface area contributed by atoms with E-state index in [0.717, 1.165) is 25.3 Å². The molecule has 0 saturated carbocycles. The SMILES string of the molecule is O=C(O)c1ccc(F)c2c1cnn2C1CCCCO1. The van der Waals surface area contributed by atoms with Crippen LogP contribution in [0.2, 0.25) is 0 Å². The zero-order valence-corrected chi connectivity index (χ0v) is 10.2. The second kappa shape index (κ2) is 4.62. The number of rotatable bonds is 2. The van der Waals surface area contributed by atoms with Crippen LogP contribution in [0.4, 0.5) is 4.39 Å². The van der Waals surface area contributed by atoms with Crippen LogP contribution >= 0.6 is 0 Å². The van der Waals surface area contributed by atoms with Gasteiger partial charge in [-0.15, -0.1) is 0 Å².